The van der Waals surface area contributed by atoms with E-state index in [9.17, 15) is 9.90 Å². The second-order valence-electron chi connectivity index (χ2n) is 4.71. The van der Waals surface area contributed by atoms with Crippen LogP contribution in [0.3, 0.4) is 0 Å². The van der Waals surface area contributed by atoms with E-state index in [0.717, 1.165) is 16.5 Å². The molecule has 0 bridgehead atoms. The maximum atomic E-state index is 11.0. The summed E-state index contributed by atoms with van der Waals surface area (Å²) < 4.78 is 5.54. The molecule has 116 valence electrons. The van der Waals surface area contributed by atoms with Gasteiger partial charge in [-0.3, -0.25) is 0 Å². The minimum Gasteiger partial charge on any atom is -0.545 e. The highest BCUT2D eigenvalue weighted by molar-refractivity contribution is 7.13. The lowest BCUT2D eigenvalue weighted by Crippen LogP contribution is -2.23. The zero-order chi connectivity index (χ0) is 16.1. The summed E-state index contributed by atoms with van der Waals surface area (Å²) in [4.78, 5) is 15.4. The Kier molecular flexibility index (Phi) is 4.54. The number of aromatic carboxylic acids is 1. The topological polar surface area (TPSA) is 74.3 Å². The second-order valence-corrected chi connectivity index (χ2v) is 5.57. The SMILES string of the molecule is O=C([O-])c1ccccc1OCc1csc(Nc2ccccc2)n1. The molecule has 1 N–H and O–H groups in total. The Hall–Kier alpha value is -2.86. The fraction of sp³-hybridized carbons (Fsp3) is 0.0588. The number of rotatable bonds is 6. The molecule has 6 heteroatoms. The number of para-hydroxylation sites is 2. The van der Waals surface area contributed by atoms with Gasteiger partial charge >= 0.3 is 0 Å². The van der Waals surface area contributed by atoms with E-state index in [1.807, 2.05) is 35.7 Å². The Bertz CT molecular complexity index is 802. The zero-order valence-electron chi connectivity index (χ0n) is 12.1. The first-order valence-corrected chi connectivity index (χ1v) is 7.80. The molecule has 0 amide bonds. The largest absolute Gasteiger partial charge is 0.545 e. The summed E-state index contributed by atoms with van der Waals surface area (Å²) in [7, 11) is 0. The van der Waals surface area contributed by atoms with E-state index in [4.69, 9.17) is 4.74 Å². The van der Waals surface area contributed by atoms with Gasteiger partial charge in [0.1, 0.15) is 12.4 Å². The lowest BCUT2D eigenvalue weighted by Gasteiger charge is -2.10. The van der Waals surface area contributed by atoms with Crippen molar-refractivity contribution >= 4 is 28.1 Å². The average molecular weight is 325 g/mol. The fourth-order valence-electron chi connectivity index (χ4n) is 1.99. The summed E-state index contributed by atoms with van der Waals surface area (Å²) in [5.74, 6) is -0.983. The fourth-order valence-corrected chi connectivity index (χ4v) is 2.70. The highest BCUT2D eigenvalue weighted by Gasteiger charge is 2.07. The summed E-state index contributed by atoms with van der Waals surface area (Å²) in [5, 5.41) is 16.8. The molecule has 23 heavy (non-hydrogen) atoms. The van der Waals surface area contributed by atoms with Crippen molar-refractivity contribution in [3.8, 4) is 5.75 Å². The number of nitrogens with one attached hydrogen (secondary N) is 1. The molecule has 0 fully saturated rings. The van der Waals surface area contributed by atoms with Crippen molar-refractivity contribution in [3.05, 3.63) is 71.2 Å². The van der Waals surface area contributed by atoms with E-state index < -0.39 is 5.97 Å². The molecule has 0 aliphatic carbocycles. The zero-order valence-corrected chi connectivity index (χ0v) is 12.9. The molecule has 0 saturated heterocycles. The van der Waals surface area contributed by atoms with Gasteiger partial charge in [0, 0.05) is 16.6 Å². The third kappa shape index (κ3) is 3.87. The van der Waals surface area contributed by atoms with Crippen molar-refractivity contribution in [1.29, 1.82) is 0 Å². The van der Waals surface area contributed by atoms with Crippen LogP contribution in [0.15, 0.2) is 60.0 Å². The third-order valence-electron chi connectivity index (χ3n) is 3.06. The van der Waals surface area contributed by atoms with Gasteiger partial charge in [-0.25, -0.2) is 4.98 Å². The number of carbonyl (C=O) groups excluding carboxylic acids is 1. The number of hydrogen-bond donors (Lipinski definition) is 1. The minimum absolute atomic E-state index is 0.0327. The molecule has 1 aromatic heterocycles. The Balaban J connectivity index is 1.65. The van der Waals surface area contributed by atoms with Gasteiger partial charge in [0.15, 0.2) is 5.13 Å². The van der Waals surface area contributed by atoms with E-state index in [0.29, 0.717) is 0 Å². The lowest BCUT2D eigenvalue weighted by atomic mass is 10.2. The molecule has 0 aliphatic rings. The van der Waals surface area contributed by atoms with Gasteiger partial charge in [-0.1, -0.05) is 30.3 Å². The van der Waals surface area contributed by atoms with Crippen LogP contribution >= 0.6 is 11.3 Å². The highest BCUT2D eigenvalue weighted by Crippen LogP contribution is 2.23. The predicted molar refractivity (Wildman–Crippen MR) is 86.9 cm³/mol. The quantitative estimate of drug-likeness (QED) is 0.754. The van der Waals surface area contributed by atoms with Crippen molar-refractivity contribution in [2.45, 2.75) is 6.61 Å². The van der Waals surface area contributed by atoms with Gasteiger partial charge in [-0.15, -0.1) is 11.3 Å². The first-order chi connectivity index (χ1) is 11.2. The van der Waals surface area contributed by atoms with E-state index >= 15 is 0 Å². The van der Waals surface area contributed by atoms with Crippen LogP contribution in [0.25, 0.3) is 0 Å². The van der Waals surface area contributed by atoms with Crippen molar-refractivity contribution in [2.75, 3.05) is 5.32 Å². The number of anilines is 2. The molecule has 0 atom stereocenters. The Morgan fingerprint density at radius 2 is 1.87 bits per heavy atom. The van der Waals surface area contributed by atoms with Crippen LogP contribution in [0.5, 0.6) is 5.75 Å². The predicted octanol–water partition coefficient (Wildman–Crippen LogP) is 2.83. The molecule has 0 spiro atoms. The highest BCUT2D eigenvalue weighted by atomic mass is 32.1. The van der Waals surface area contributed by atoms with Gasteiger partial charge in [-0.05, 0) is 24.3 Å². The van der Waals surface area contributed by atoms with Crippen LogP contribution in [0.1, 0.15) is 16.1 Å². The first-order valence-electron chi connectivity index (χ1n) is 6.92. The molecule has 0 saturated carbocycles. The van der Waals surface area contributed by atoms with Crippen molar-refractivity contribution < 1.29 is 14.6 Å². The third-order valence-corrected chi connectivity index (χ3v) is 3.87. The number of ether oxygens (including phenoxy) is 1. The maximum Gasteiger partial charge on any atom is 0.187 e. The van der Waals surface area contributed by atoms with Crippen LogP contribution in [0, 0.1) is 0 Å². The van der Waals surface area contributed by atoms with E-state index in [1.165, 1.54) is 17.4 Å². The number of carboxylic acids is 1. The monoisotopic (exact) mass is 325 g/mol. The average Bonchev–Trinajstić information content (AvgIpc) is 3.01. The Labute approximate surface area is 137 Å². The Morgan fingerprint density at radius 3 is 2.65 bits per heavy atom. The molecule has 1 heterocycles. The molecule has 2 aromatic carbocycles. The van der Waals surface area contributed by atoms with Crippen LogP contribution in [-0.4, -0.2) is 11.0 Å². The normalized spacial score (nSPS) is 10.3. The van der Waals surface area contributed by atoms with Crippen LogP contribution in [-0.2, 0) is 6.61 Å². The number of thiazole rings is 1. The minimum atomic E-state index is -1.26. The number of benzene rings is 2. The van der Waals surface area contributed by atoms with Gasteiger partial charge in [-0.2, -0.15) is 0 Å². The number of carbonyl (C=O) groups is 1. The van der Waals surface area contributed by atoms with Gasteiger partial charge in [0.2, 0.25) is 0 Å². The molecule has 0 radical (unpaired) electrons. The van der Waals surface area contributed by atoms with E-state index in [2.05, 4.69) is 10.3 Å². The lowest BCUT2D eigenvalue weighted by molar-refractivity contribution is -0.255. The summed E-state index contributed by atoms with van der Waals surface area (Å²) >= 11 is 1.46. The molecular formula is C17H13N2O3S-. The summed E-state index contributed by atoms with van der Waals surface area (Å²) in [6.07, 6.45) is 0. The summed E-state index contributed by atoms with van der Waals surface area (Å²) in [6.45, 7) is 0.192. The van der Waals surface area contributed by atoms with Crippen molar-refractivity contribution in [1.82, 2.24) is 4.98 Å². The number of carboxylic acid groups (broad SMARTS) is 1. The number of nitrogens with zero attached hydrogens (tertiary/aromatic N) is 1. The Morgan fingerprint density at radius 1 is 1.13 bits per heavy atom. The molecule has 0 aliphatic heterocycles. The van der Waals surface area contributed by atoms with E-state index in [-0.39, 0.29) is 17.9 Å². The summed E-state index contributed by atoms with van der Waals surface area (Å²) in [6, 6.07) is 16.1. The molecule has 5 nitrogen and oxygen atoms in total. The van der Waals surface area contributed by atoms with Crippen LogP contribution in [0.2, 0.25) is 0 Å². The van der Waals surface area contributed by atoms with Crippen LogP contribution < -0.4 is 15.2 Å². The van der Waals surface area contributed by atoms with Gasteiger partial charge in [0.05, 0.1) is 11.7 Å². The smallest absolute Gasteiger partial charge is 0.187 e. The number of aromatic nitrogens is 1. The van der Waals surface area contributed by atoms with Gasteiger partial charge in [0.25, 0.3) is 0 Å². The van der Waals surface area contributed by atoms with Crippen molar-refractivity contribution in [2.24, 2.45) is 0 Å². The molecule has 3 rings (SSSR count). The second kappa shape index (κ2) is 6.93. The maximum absolute atomic E-state index is 11.0. The van der Waals surface area contributed by atoms with Crippen molar-refractivity contribution in [3.63, 3.8) is 0 Å². The first kappa shape index (κ1) is 15.1. The van der Waals surface area contributed by atoms with Crippen LogP contribution in [0.4, 0.5) is 10.8 Å². The summed E-state index contributed by atoms with van der Waals surface area (Å²) in [5.41, 5.74) is 1.71. The number of hydrogen-bond acceptors (Lipinski definition) is 6. The molecule has 0 unspecified atom stereocenters. The standard InChI is InChI=1S/C17H14N2O3S/c20-16(21)14-8-4-5-9-15(14)22-10-13-11-23-17(19-13)18-12-6-2-1-3-7-12/h1-9,11H,10H2,(H,18,19)(H,20,21)/p-1. The van der Waals surface area contributed by atoms with E-state index in [1.54, 1.807) is 18.2 Å². The molecule has 3 aromatic rings. The molecular weight excluding hydrogens is 312 g/mol. The van der Waals surface area contributed by atoms with Gasteiger partial charge < -0.3 is 20.0 Å².